The van der Waals surface area contributed by atoms with Gasteiger partial charge in [-0.15, -0.1) is 12.4 Å². The highest BCUT2D eigenvalue weighted by atomic mass is 35.5. The van der Waals surface area contributed by atoms with Crippen molar-refractivity contribution in [2.24, 2.45) is 11.8 Å². The van der Waals surface area contributed by atoms with Crippen LogP contribution < -0.4 is 10.2 Å². The summed E-state index contributed by atoms with van der Waals surface area (Å²) in [6, 6.07) is 9.87. The van der Waals surface area contributed by atoms with Crippen LogP contribution in [0.5, 0.6) is 0 Å². The largest absolute Gasteiger partial charge is 0.317 e. The molecule has 20 heavy (non-hydrogen) atoms. The molecule has 1 atom stereocenters. The first-order valence-electron chi connectivity index (χ1n) is 7.21. The van der Waals surface area contributed by atoms with Crippen molar-refractivity contribution in [3.8, 4) is 0 Å². The van der Waals surface area contributed by atoms with E-state index < -0.39 is 0 Å². The molecular weight excluding hydrogens is 272 g/mol. The van der Waals surface area contributed by atoms with E-state index in [1.807, 2.05) is 37.4 Å². The van der Waals surface area contributed by atoms with E-state index in [-0.39, 0.29) is 18.3 Å². The third-order valence-electron chi connectivity index (χ3n) is 4.20. The summed E-state index contributed by atoms with van der Waals surface area (Å²) in [6.45, 7) is 4.40. The Kier molecular flexibility index (Phi) is 7.03. The molecule has 0 aromatic heterocycles. The molecule has 1 aromatic carbocycles. The maximum absolute atomic E-state index is 12.3. The number of anilines is 1. The fourth-order valence-electron chi connectivity index (χ4n) is 2.79. The summed E-state index contributed by atoms with van der Waals surface area (Å²) in [5.41, 5.74) is 0.977. The minimum Gasteiger partial charge on any atom is -0.317 e. The van der Waals surface area contributed by atoms with Gasteiger partial charge < -0.3 is 10.2 Å². The molecule has 0 saturated carbocycles. The molecule has 1 aliphatic heterocycles. The molecule has 2 rings (SSSR count). The summed E-state index contributed by atoms with van der Waals surface area (Å²) in [7, 11) is 1.87. The lowest BCUT2D eigenvalue weighted by molar-refractivity contribution is -0.119. The van der Waals surface area contributed by atoms with Crippen molar-refractivity contribution in [3.05, 3.63) is 30.3 Å². The number of carbonyl (C=O) groups is 1. The highest BCUT2D eigenvalue weighted by Crippen LogP contribution is 2.25. The molecule has 4 heteroatoms. The van der Waals surface area contributed by atoms with E-state index in [4.69, 9.17) is 0 Å². The molecular formula is C16H25ClN2O. The van der Waals surface area contributed by atoms with E-state index in [9.17, 15) is 4.79 Å². The van der Waals surface area contributed by atoms with Gasteiger partial charge in [0.2, 0.25) is 5.91 Å². The molecule has 0 aliphatic carbocycles. The number of hydrogen-bond acceptors (Lipinski definition) is 2. The lowest BCUT2D eigenvalue weighted by Crippen LogP contribution is -2.34. The summed E-state index contributed by atoms with van der Waals surface area (Å²) < 4.78 is 0. The molecule has 1 amide bonds. The van der Waals surface area contributed by atoms with Gasteiger partial charge in [0.05, 0.1) is 0 Å². The minimum atomic E-state index is 0. The number of halogens is 1. The van der Waals surface area contributed by atoms with Crippen molar-refractivity contribution < 1.29 is 4.79 Å². The number of nitrogens with one attached hydrogen (secondary N) is 1. The normalized spacial score (nSPS) is 17.1. The van der Waals surface area contributed by atoms with Crippen LogP contribution in [-0.4, -0.2) is 26.0 Å². The molecule has 1 fully saturated rings. The zero-order valence-corrected chi connectivity index (χ0v) is 13.2. The van der Waals surface area contributed by atoms with Crippen molar-refractivity contribution >= 4 is 24.0 Å². The Bertz CT molecular complexity index is 404. The number of nitrogens with zero attached hydrogens (tertiary/aromatic N) is 1. The second-order valence-corrected chi connectivity index (χ2v) is 5.56. The summed E-state index contributed by atoms with van der Waals surface area (Å²) >= 11 is 0. The minimum absolute atomic E-state index is 0. The molecule has 0 radical (unpaired) electrons. The van der Waals surface area contributed by atoms with E-state index in [2.05, 4.69) is 12.2 Å². The van der Waals surface area contributed by atoms with Crippen molar-refractivity contribution in [1.29, 1.82) is 0 Å². The Labute approximate surface area is 128 Å². The molecule has 0 spiro atoms. The Morgan fingerprint density at radius 3 is 2.50 bits per heavy atom. The van der Waals surface area contributed by atoms with Crippen LogP contribution in [0.1, 0.15) is 26.2 Å². The van der Waals surface area contributed by atoms with Crippen LogP contribution in [0.25, 0.3) is 0 Å². The van der Waals surface area contributed by atoms with E-state index in [1.54, 1.807) is 4.90 Å². The first-order valence-corrected chi connectivity index (χ1v) is 7.21. The predicted octanol–water partition coefficient (Wildman–Crippen LogP) is 3.10. The highest BCUT2D eigenvalue weighted by Gasteiger charge is 2.23. The van der Waals surface area contributed by atoms with Crippen LogP contribution >= 0.6 is 12.4 Å². The number of benzene rings is 1. The van der Waals surface area contributed by atoms with Crippen molar-refractivity contribution in [3.63, 3.8) is 0 Å². The molecule has 1 saturated heterocycles. The summed E-state index contributed by atoms with van der Waals surface area (Å²) in [6.07, 6.45) is 3.04. The SMILES string of the molecule is CC(CC(=O)N(C)c1ccccc1)C1CCNCC1.Cl. The number of rotatable bonds is 4. The number of amides is 1. The Balaban J connectivity index is 0.00000200. The highest BCUT2D eigenvalue weighted by molar-refractivity contribution is 5.92. The zero-order chi connectivity index (χ0) is 13.7. The predicted molar refractivity (Wildman–Crippen MR) is 86.5 cm³/mol. The second kappa shape index (κ2) is 8.28. The number of carbonyl (C=O) groups excluding carboxylic acids is 1. The van der Waals surface area contributed by atoms with Crippen LogP contribution in [0.2, 0.25) is 0 Å². The quantitative estimate of drug-likeness (QED) is 0.926. The van der Waals surface area contributed by atoms with Crippen molar-refractivity contribution in [2.45, 2.75) is 26.2 Å². The average Bonchev–Trinajstić information content (AvgIpc) is 2.48. The Morgan fingerprint density at radius 2 is 1.90 bits per heavy atom. The lowest BCUT2D eigenvalue weighted by atomic mass is 9.84. The fourth-order valence-corrected chi connectivity index (χ4v) is 2.79. The molecule has 1 aliphatic rings. The van der Waals surface area contributed by atoms with Crippen molar-refractivity contribution in [2.75, 3.05) is 25.0 Å². The standard InChI is InChI=1S/C16H24N2O.ClH/c1-13(14-8-10-17-11-9-14)12-16(19)18(2)15-6-4-3-5-7-15;/h3-7,13-14,17H,8-12H2,1-2H3;1H. The van der Waals surface area contributed by atoms with Crippen LogP contribution in [0.4, 0.5) is 5.69 Å². The smallest absolute Gasteiger partial charge is 0.226 e. The van der Waals surface area contributed by atoms with Gasteiger partial charge in [0.25, 0.3) is 0 Å². The van der Waals surface area contributed by atoms with E-state index in [1.165, 1.54) is 12.8 Å². The first-order chi connectivity index (χ1) is 9.18. The molecule has 0 bridgehead atoms. The third kappa shape index (κ3) is 4.50. The second-order valence-electron chi connectivity index (χ2n) is 5.56. The van der Waals surface area contributed by atoms with Gasteiger partial charge in [-0.05, 0) is 49.9 Å². The van der Waals surface area contributed by atoms with Gasteiger partial charge in [0.1, 0.15) is 0 Å². The fraction of sp³-hybridized carbons (Fsp3) is 0.562. The van der Waals surface area contributed by atoms with Gasteiger partial charge in [-0.3, -0.25) is 4.79 Å². The molecule has 1 aromatic rings. The van der Waals surface area contributed by atoms with Gasteiger partial charge in [-0.2, -0.15) is 0 Å². The van der Waals surface area contributed by atoms with Gasteiger partial charge in [0, 0.05) is 19.2 Å². The Morgan fingerprint density at radius 1 is 1.30 bits per heavy atom. The molecule has 112 valence electrons. The summed E-state index contributed by atoms with van der Waals surface area (Å²) in [4.78, 5) is 14.1. The Hall–Kier alpha value is -1.06. The molecule has 3 nitrogen and oxygen atoms in total. The topological polar surface area (TPSA) is 32.3 Å². The average molecular weight is 297 g/mol. The summed E-state index contributed by atoms with van der Waals surface area (Å²) in [5.74, 6) is 1.38. The summed E-state index contributed by atoms with van der Waals surface area (Å²) in [5, 5.41) is 3.38. The number of para-hydroxylation sites is 1. The lowest BCUT2D eigenvalue weighted by Gasteiger charge is -2.29. The van der Waals surface area contributed by atoms with Crippen LogP contribution in [0.3, 0.4) is 0 Å². The van der Waals surface area contributed by atoms with Gasteiger partial charge >= 0.3 is 0 Å². The van der Waals surface area contributed by atoms with Crippen LogP contribution in [0.15, 0.2) is 30.3 Å². The van der Waals surface area contributed by atoms with Gasteiger partial charge in [-0.1, -0.05) is 25.1 Å². The van der Waals surface area contributed by atoms with E-state index in [0.717, 1.165) is 18.8 Å². The molecule has 1 heterocycles. The molecule has 1 N–H and O–H groups in total. The maximum Gasteiger partial charge on any atom is 0.226 e. The van der Waals surface area contributed by atoms with Crippen LogP contribution in [-0.2, 0) is 4.79 Å². The van der Waals surface area contributed by atoms with Gasteiger partial charge in [-0.25, -0.2) is 0 Å². The number of hydrogen-bond donors (Lipinski definition) is 1. The first kappa shape index (κ1) is 17.0. The van der Waals surface area contributed by atoms with Gasteiger partial charge in [0.15, 0.2) is 0 Å². The zero-order valence-electron chi connectivity index (χ0n) is 12.3. The van der Waals surface area contributed by atoms with E-state index >= 15 is 0 Å². The number of piperidine rings is 1. The monoisotopic (exact) mass is 296 g/mol. The maximum atomic E-state index is 12.3. The molecule has 1 unspecified atom stereocenters. The van der Waals surface area contributed by atoms with E-state index in [0.29, 0.717) is 18.3 Å². The third-order valence-corrected chi connectivity index (χ3v) is 4.20. The van der Waals surface area contributed by atoms with Crippen LogP contribution in [0, 0.1) is 11.8 Å². The van der Waals surface area contributed by atoms with Crippen molar-refractivity contribution in [1.82, 2.24) is 5.32 Å².